The van der Waals surface area contributed by atoms with E-state index in [0.717, 1.165) is 31.4 Å². The van der Waals surface area contributed by atoms with Gasteiger partial charge in [0.05, 0.1) is 10.6 Å². The average molecular weight is 275 g/mol. The lowest BCUT2D eigenvalue weighted by Gasteiger charge is -2.19. The Morgan fingerprint density at radius 2 is 2.35 bits per heavy atom. The number of benzene rings is 1. The van der Waals surface area contributed by atoms with Gasteiger partial charge in [-0.1, -0.05) is 6.07 Å². The minimum absolute atomic E-state index is 0.0439. The van der Waals surface area contributed by atoms with Crippen molar-refractivity contribution in [1.82, 2.24) is 5.32 Å². The lowest BCUT2D eigenvalue weighted by atomic mass is 10.1. The summed E-state index contributed by atoms with van der Waals surface area (Å²) in [5, 5.41) is 14.2. The van der Waals surface area contributed by atoms with Crippen molar-refractivity contribution in [3.8, 4) is 0 Å². The molecule has 1 N–H and O–H groups in total. The van der Waals surface area contributed by atoms with Gasteiger partial charge in [0.2, 0.25) is 5.91 Å². The van der Waals surface area contributed by atoms with E-state index in [4.69, 9.17) is 0 Å². The largest absolute Gasteiger partial charge is 0.313 e. The molecule has 0 aliphatic carbocycles. The molecule has 6 heteroatoms. The summed E-state index contributed by atoms with van der Waals surface area (Å²) in [6.07, 6.45) is 3.39. The molecule has 1 saturated heterocycles. The number of nitrogens with one attached hydrogen (secondary N) is 1. The summed E-state index contributed by atoms with van der Waals surface area (Å²) >= 11 is 0. The Hall–Kier alpha value is -1.95. The van der Waals surface area contributed by atoms with Crippen LogP contribution in [0.3, 0.4) is 0 Å². The SMILES string of the molecule is O=C(CC1CCCN1)N1CCc2ccc([N+](=O)[O-])cc21. The predicted molar refractivity (Wildman–Crippen MR) is 74.8 cm³/mol. The fraction of sp³-hybridized carbons (Fsp3) is 0.500. The molecule has 0 spiro atoms. The maximum absolute atomic E-state index is 12.4. The van der Waals surface area contributed by atoms with Gasteiger partial charge in [-0.05, 0) is 31.4 Å². The fourth-order valence-corrected chi connectivity index (χ4v) is 2.99. The molecule has 6 nitrogen and oxygen atoms in total. The number of carbonyl (C=O) groups is 1. The van der Waals surface area contributed by atoms with E-state index >= 15 is 0 Å². The highest BCUT2D eigenvalue weighted by atomic mass is 16.6. The summed E-state index contributed by atoms with van der Waals surface area (Å²) in [6, 6.07) is 5.03. The van der Waals surface area contributed by atoms with Crippen LogP contribution in [0.15, 0.2) is 18.2 Å². The Kier molecular flexibility index (Phi) is 3.40. The lowest BCUT2D eigenvalue weighted by molar-refractivity contribution is -0.384. The van der Waals surface area contributed by atoms with E-state index in [1.54, 1.807) is 11.0 Å². The van der Waals surface area contributed by atoms with Gasteiger partial charge in [0, 0.05) is 31.1 Å². The van der Waals surface area contributed by atoms with Gasteiger partial charge in [0.25, 0.3) is 5.69 Å². The molecule has 3 rings (SSSR count). The first kappa shape index (κ1) is 13.1. The molecule has 0 bridgehead atoms. The number of carbonyl (C=O) groups excluding carboxylic acids is 1. The number of hydrogen-bond donors (Lipinski definition) is 1. The van der Waals surface area contributed by atoms with Gasteiger partial charge < -0.3 is 10.2 Å². The van der Waals surface area contributed by atoms with Crippen LogP contribution in [0.1, 0.15) is 24.8 Å². The number of nitro benzene ring substituents is 1. The molecule has 1 aromatic carbocycles. The molecule has 2 heterocycles. The van der Waals surface area contributed by atoms with Crippen LogP contribution in [0, 0.1) is 10.1 Å². The maximum Gasteiger partial charge on any atom is 0.271 e. The second-order valence-corrected chi connectivity index (χ2v) is 5.36. The Labute approximate surface area is 116 Å². The Bertz CT molecular complexity index is 553. The summed E-state index contributed by atoms with van der Waals surface area (Å²) in [6.45, 7) is 1.60. The number of nitro groups is 1. The fourth-order valence-electron chi connectivity index (χ4n) is 2.99. The smallest absolute Gasteiger partial charge is 0.271 e. The molecule has 2 aliphatic rings. The number of amides is 1. The van der Waals surface area contributed by atoms with Crippen LogP contribution < -0.4 is 10.2 Å². The summed E-state index contributed by atoms with van der Waals surface area (Å²) in [5.41, 5.74) is 1.77. The maximum atomic E-state index is 12.4. The second-order valence-electron chi connectivity index (χ2n) is 5.36. The molecule has 1 amide bonds. The molecule has 1 fully saturated rings. The molecule has 1 atom stereocenters. The first-order chi connectivity index (χ1) is 9.65. The summed E-state index contributed by atoms with van der Waals surface area (Å²) < 4.78 is 0. The van der Waals surface area contributed by atoms with Crippen molar-refractivity contribution in [2.45, 2.75) is 31.7 Å². The Balaban J connectivity index is 1.78. The van der Waals surface area contributed by atoms with Crippen LogP contribution in [0.25, 0.3) is 0 Å². The lowest BCUT2D eigenvalue weighted by Crippen LogP contribution is -2.34. The molecular weight excluding hydrogens is 258 g/mol. The average Bonchev–Trinajstić information content (AvgIpc) is 3.06. The summed E-state index contributed by atoms with van der Waals surface area (Å²) in [7, 11) is 0. The van der Waals surface area contributed by atoms with Crippen molar-refractivity contribution in [3.05, 3.63) is 33.9 Å². The van der Waals surface area contributed by atoms with Gasteiger partial charge in [-0.15, -0.1) is 0 Å². The van der Waals surface area contributed by atoms with E-state index < -0.39 is 4.92 Å². The highest BCUT2D eigenvalue weighted by Crippen LogP contribution is 2.32. The molecule has 20 heavy (non-hydrogen) atoms. The van der Waals surface area contributed by atoms with Gasteiger partial charge in [-0.2, -0.15) is 0 Å². The molecule has 0 radical (unpaired) electrons. The number of anilines is 1. The highest BCUT2D eigenvalue weighted by Gasteiger charge is 2.28. The number of non-ortho nitro benzene ring substituents is 1. The van der Waals surface area contributed by atoms with Crippen molar-refractivity contribution in [1.29, 1.82) is 0 Å². The monoisotopic (exact) mass is 275 g/mol. The first-order valence-electron chi connectivity index (χ1n) is 6.96. The third kappa shape index (κ3) is 2.38. The van der Waals surface area contributed by atoms with Crippen LogP contribution in [-0.4, -0.2) is 30.0 Å². The van der Waals surface area contributed by atoms with Crippen molar-refractivity contribution in [2.75, 3.05) is 18.0 Å². The molecule has 1 unspecified atom stereocenters. The minimum atomic E-state index is -0.417. The van der Waals surface area contributed by atoms with E-state index in [1.807, 2.05) is 0 Å². The number of hydrogen-bond acceptors (Lipinski definition) is 4. The zero-order valence-corrected chi connectivity index (χ0v) is 11.2. The minimum Gasteiger partial charge on any atom is -0.313 e. The Morgan fingerprint density at radius 3 is 3.05 bits per heavy atom. The van der Waals surface area contributed by atoms with Gasteiger partial charge >= 0.3 is 0 Å². The zero-order valence-electron chi connectivity index (χ0n) is 11.2. The quantitative estimate of drug-likeness (QED) is 0.672. The van der Waals surface area contributed by atoms with Crippen molar-refractivity contribution in [3.63, 3.8) is 0 Å². The van der Waals surface area contributed by atoms with Crippen molar-refractivity contribution in [2.24, 2.45) is 0 Å². The van der Waals surface area contributed by atoms with Gasteiger partial charge in [-0.3, -0.25) is 14.9 Å². The van der Waals surface area contributed by atoms with Crippen LogP contribution >= 0.6 is 0 Å². The first-order valence-corrected chi connectivity index (χ1v) is 6.96. The third-order valence-corrected chi connectivity index (χ3v) is 4.06. The second kappa shape index (κ2) is 5.20. The van der Waals surface area contributed by atoms with Crippen LogP contribution in [0.5, 0.6) is 0 Å². The van der Waals surface area contributed by atoms with Gasteiger partial charge in [-0.25, -0.2) is 0 Å². The number of rotatable bonds is 3. The van der Waals surface area contributed by atoms with E-state index in [2.05, 4.69) is 5.32 Å². The zero-order chi connectivity index (χ0) is 14.1. The van der Waals surface area contributed by atoms with E-state index in [9.17, 15) is 14.9 Å². The topological polar surface area (TPSA) is 75.5 Å². The predicted octanol–water partition coefficient (Wildman–Crippen LogP) is 1.63. The molecule has 0 saturated carbocycles. The summed E-state index contributed by atoms with van der Waals surface area (Å²) in [5.74, 6) is 0.0589. The summed E-state index contributed by atoms with van der Waals surface area (Å²) in [4.78, 5) is 24.5. The third-order valence-electron chi connectivity index (χ3n) is 4.06. The number of fused-ring (bicyclic) bond motifs is 1. The normalized spacial score (nSPS) is 21.0. The molecular formula is C14H17N3O3. The van der Waals surface area contributed by atoms with Crippen molar-refractivity contribution >= 4 is 17.3 Å². The molecule has 1 aromatic rings. The van der Waals surface area contributed by atoms with Crippen molar-refractivity contribution < 1.29 is 9.72 Å². The van der Waals surface area contributed by atoms with Crippen LogP contribution in [0.4, 0.5) is 11.4 Å². The molecule has 106 valence electrons. The van der Waals surface area contributed by atoms with E-state index in [0.29, 0.717) is 18.7 Å². The Morgan fingerprint density at radius 1 is 1.50 bits per heavy atom. The molecule has 2 aliphatic heterocycles. The van der Waals surface area contributed by atoms with Crippen LogP contribution in [-0.2, 0) is 11.2 Å². The molecule has 0 aromatic heterocycles. The van der Waals surface area contributed by atoms with Gasteiger partial charge in [0.1, 0.15) is 0 Å². The standard InChI is InChI=1S/C14H17N3O3/c18-14(8-11-2-1-6-15-11)16-7-5-10-3-4-12(17(19)20)9-13(10)16/h3-4,9,11,15H,1-2,5-8H2. The van der Waals surface area contributed by atoms with E-state index in [1.165, 1.54) is 12.1 Å². The van der Waals surface area contributed by atoms with Gasteiger partial charge in [0.15, 0.2) is 0 Å². The van der Waals surface area contributed by atoms with E-state index in [-0.39, 0.29) is 17.6 Å². The highest BCUT2D eigenvalue weighted by molar-refractivity contribution is 5.96. The van der Waals surface area contributed by atoms with Crippen LogP contribution in [0.2, 0.25) is 0 Å². The number of nitrogens with zero attached hydrogens (tertiary/aromatic N) is 2.